The first-order valence-electron chi connectivity index (χ1n) is 7.53. The molecule has 6 heteroatoms. The molecule has 0 atom stereocenters. The summed E-state index contributed by atoms with van der Waals surface area (Å²) in [5.41, 5.74) is 5.71. The van der Waals surface area contributed by atoms with Crippen molar-refractivity contribution in [3.8, 4) is 0 Å². The van der Waals surface area contributed by atoms with Crippen molar-refractivity contribution >= 4 is 41.7 Å². The Hall–Kier alpha value is -0.420. The SMILES string of the molecule is Cl.NCC1(NC(=O)CCCSc2ccc(Cl)cc2)CCCC1. The highest BCUT2D eigenvalue weighted by molar-refractivity contribution is 7.99. The first-order valence-corrected chi connectivity index (χ1v) is 8.89. The van der Waals surface area contributed by atoms with Gasteiger partial charge in [-0.2, -0.15) is 0 Å². The van der Waals surface area contributed by atoms with E-state index < -0.39 is 0 Å². The van der Waals surface area contributed by atoms with E-state index in [1.54, 1.807) is 11.8 Å². The van der Waals surface area contributed by atoms with E-state index in [9.17, 15) is 4.79 Å². The van der Waals surface area contributed by atoms with Gasteiger partial charge in [0.1, 0.15) is 0 Å². The molecule has 3 N–H and O–H groups in total. The quantitative estimate of drug-likeness (QED) is 0.568. The van der Waals surface area contributed by atoms with E-state index in [4.69, 9.17) is 17.3 Å². The number of nitrogens with two attached hydrogens (primary N) is 1. The number of nitrogens with one attached hydrogen (secondary N) is 1. The van der Waals surface area contributed by atoms with E-state index in [0.717, 1.165) is 30.0 Å². The van der Waals surface area contributed by atoms with Crippen LogP contribution in [0.25, 0.3) is 0 Å². The van der Waals surface area contributed by atoms with Gasteiger partial charge in [0.05, 0.1) is 5.54 Å². The smallest absolute Gasteiger partial charge is 0.220 e. The van der Waals surface area contributed by atoms with E-state index in [1.807, 2.05) is 24.3 Å². The van der Waals surface area contributed by atoms with Crippen LogP contribution in [-0.2, 0) is 4.79 Å². The van der Waals surface area contributed by atoms with Crippen LogP contribution in [-0.4, -0.2) is 23.7 Å². The third-order valence-electron chi connectivity index (χ3n) is 3.99. The standard InChI is InChI=1S/C16H23ClN2OS.ClH/c17-13-5-7-14(8-6-13)21-11-3-4-15(20)19-16(12-18)9-1-2-10-16;/h5-8H,1-4,9-12,18H2,(H,19,20);1H. The van der Waals surface area contributed by atoms with Gasteiger partial charge in [-0.1, -0.05) is 24.4 Å². The van der Waals surface area contributed by atoms with Crippen molar-refractivity contribution in [1.82, 2.24) is 5.32 Å². The van der Waals surface area contributed by atoms with Crippen molar-refractivity contribution in [1.29, 1.82) is 0 Å². The van der Waals surface area contributed by atoms with Gasteiger partial charge in [0.15, 0.2) is 0 Å². The average Bonchev–Trinajstić information content (AvgIpc) is 2.94. The summed E-state index contributed by atoms with van der Waals surface area (Å²) < 4.78 is 0. The highest BCUT2D eigenvalue weighted by Crippen LogP contribution is 2.28. The molecule has 22 heavy (non-hydrogen) atoms. The Morgan fingerprint density at radius 2 is 1.91 bits per heavy atom. The molecule has 0 unspecified atom stereocenters. The molecule has 124 valence electrons. The summed E-state index contributed by atoms with van der Waals surface area (Å²) in [6.45, 7) is 0.554. The van der Waals surface area contributed by atoms with Crippen LogP contribution in [0.2, 0.25) is 5.02 Å². The molecule has 0 saturated heterocycles. The van der Waals surface area contributed by atoms with E-state index in [1.165, 1.54) is 17.7 Å². The Morgan fingerprint density at radius 3 is 2.50 bits per heavy atom. The van der Waals surface area contributed by atoms with Gasteiger partial charge in [-0.15, -0.1) is 24.2 Å². The number of hydrogen-bond donors (Lipinski definition) is 2. The lowest BCUT2D eigenvalue weighted by Gasteiger charge is -2.28. The Labute approximate surface area is 148 Å². The topological polar surface area (TPSA) is 55.1 Å². The van der Waals surface area contributed by atoms with Crippen LogP contribution in [0.3, 0.4) is 0 Å². The maximum Gasteiger partial charge on any atom is 0.220 e. The van der Waals surface area contributed by atoms with Crippen LogP contribution in [0.4, 0.5) is 0 Å². The summed E-state index contributed by atoms with van der Waals surface area (Å²) >= 11 is 7.61. The van der Waals surface area contributed by atoms with Crippen molar-refractivity contribution in [2.45, 2.75) is 49.0 Å². The minimum atomic E-state index is -0.125. The zero-order chi connectivity index (χ0) is 15.1. The molecule has 2 rings (SSSR count). The molecule has 0 radical (unpaired) electrons. The molecule has 1 fully saturated rings. The van der Waals surface area contributed by atoms with E-state index in [2.05, 4.69) is 5.32 Å². The number of carbonyl (C=O) groups is 1. The van der Waals surface area contributed by atoms with Gasteiger partial charge in [0.25, 0.3) is 0 Å². The number of thioether (sulfide) groups is 1. The first-order chi connectivity index (χ1) is 10.1. The van der Waals surface area contributed by atoms with Crippen LogP contribution in [0, 0.1) is 0 Å². The Kier molecular flexibility index (Phi) is 8.62. The molecule has 0 heterocycles. The molecule has 1 amide bonds. The van der Waals surface area contributed by atoms with Crippen LogP contribution >= 0.6 is 35.8 Å². The number of benzene rings is 1. The van der Waals surface area contributed by atoms with Crippen LogP contribution in [0.5, 0.6) is 0 Å². The molecular formula is C16H24Cl2N2OS. The second-order valence-electron chi connectivity index (χ2n) is 5.65. The third-order valence-corrected chi connectivity index (χ3v) is 5.34. The normalized spacial score (nSPS) is 16.1. The van der Waals surface area contributed by atoms with Gasteiger partial charge in [-0.25, -0.2) is 0 Å². The Balaban J connectivity index is 0.00000242. The summed E-state index contributed by atoms with van der Waals surface area (Å²) in [5, 5.41) is 3.91. The minimum Gasteiger partial charge on any atom is -0.349 e. The summed E-state index contributed by atoms with van der Waals surface area (Å²) in [6.07, 6.45) is 5.83. The zero-order valence-corrected chi connectivity index (χ0v) is 15.0. The number of amides is 1. The van der Waals surface area contributed by atoms with Crippen molar-refractivity contribution in [2.24, 2.45) is 5.73 Å². The van der Waals surface area contributed by atoms with E-state index in [0.29, 0.717) is 13.0 Å². The lowest BCUT2D eigenvalue weighted by molar-refractivity contribution is -0.122. The number of rotatable bonds is 7. The summed E-state index contributed by atoms with van der Waals surface area (Å²) in [6, 6.07) is 7.80. The predicted octanol–water partition coefficient (Wildman–Crippen LogP) is 4.02. The monoisotopic (exact) mass is 362 g/mol. The third kappa shape index (κ3) is 5.99. The first kappa shape index (κ1) is 19.6. The molecule has 1 saturated carbocycles. The van der Waals surface area contributed by atoms with Crippen molar-refractivity contribution in [3.05, 3.63) is 29.3 Å². The van der Waals surface area contributed by atoms with Gasteiger partial charge in [-0.3, -0.25) is 4.79 Å². The fourth-order valence-electron chi connectivity index (χ4n) is 2.74. The van der Waals surface area contributed by atoms with E-state index >= 15 is 0 Å². The molecule has 1 aliphatic carbocycles. The fraction of sp³-hybridized carbons (Fsp3) is 0.562. The maximum atomic E-state index is 12.0. The van der Waals surface area contributed by atoms with E-state index in [-0.39, 0.29) is 23.9 Å². The summed E-state index contributed by atoms with van der Waals surface area (Å²) in [7, 11) is 0. The fourth-order valence-corrected chi connectivity index (χ4v) is 3.72. The second kappa shape index (κ2) is 9.66. The molecular weight excluding hydrogens is 339 g/mol. The predicted molar refractivity (Wildman–Crippen MR) is 97.1 cm³/mol. The lowest BCUT2D eigenvalue weighted by atomic mass is 9.97. The molecule has 0 bridgehead atoms. The highest BCUT2D eigenvalue weighted by atomic mass is 35.5. The number of halogens is 2. The number of carbonyl (C=O) groups excluding carboxylic acids is 1. The molecule has 0 spiro atoms. The Morgan fingerprint density at radius 1 is 1.27 bits per heavy atom. The summed E-state index contributed by atoms with van der Waals surface area (Å²) in [4.78, 5) is 13.2. The molecule has 1 aromatic rings. The van der Waals surface area contributed by atoms with Crippen LogP contribution < -0.4 is 11.1 Å². The van der Waals surface area contributed by atoms with Gasteiger partial charge in [-0.05, 0) is 49.3 Å². The second-order valence-corrected chi connectivity index (χ2v) is 7.25. The van der Waals surface area contributed by atoms with Crippen LogP contribution in [0.1, 0.15) is 38.5 Å². The van der Waals surface area contributed by atoms with Gasteiger partial charge in [0.2, 0.25) is 5.91 Å². The van der Waals surface area contributed by atoms with Gasteiger partial charge < -0.3 is 11.1 Å². The molecule has 3 nitrogen and oxygen atoms in total. The number of hydrogen-bond acceptors (Lipinski definition) is 3. The largest absolute Gasteiger partial charge is 0.349 e. The van der Waals surface area contributed by atoms with Crippen molar-refractivity contribution in [2.75, 3.05) is 12.3 Å². The van der Waals surface area contributed by atoms with Crippen molar-refractivity contribution < 1.29 is 4.79 Å². The van der Waals surface area contributed by atoms with Gasteiger partial charge in [0, 0.05) is 22.9 Å². The maximum absolute atomic E-state index is 12.0. The minimum absolute atomic E-state index is 0. The average molecular weight is 363 g/mol. The zero-order valence-electron chi connectivity index (χ0n) is 12.6. The molecule has 1 aromatic carbocycles. The Bertz CT molecular complexity index is 462. The molecule has 0 aromatic heterocycles. The molecule has 1 aliphatic rings. The van der Waals surface area contributed by atoms with Crippen molar-refractivity contribution in [3.63, 3.8) is 0 Å². The van der Waals surface area contributed by atoms with Gasteiger partial charge >= 0.3 is 0 Å². The summed E-state index contributed by atoms with van der Waals surface area (Å²) in [5.74, 6) is 1.07. The highest BCUT2D eigenvalue weighted by Gasteiger charge is 2.33. The lowest BCUT2D eigenvalue weighted by Crippen LogP contribution is -2.51. The molecule has 0 aliphatic heterocycles. The van der Waals surface area contributed by atoms with Crippen LogP contribution in [0.15, 0.2) is 29.2 Å².